The lowest BCUT2D eigenvalue weighted by atomic mass is 9.95. The summed E-state index contributed by atoms with van der Waals surface area (Å²) in [7, 11) is 3.69. The third-order valence-electron chi connectivity index (χ3n) is 10.9. The van der Waals surface area contributed by atoms with E-state index < -0.39 is 0 Å². The minimum atomic E-state index is 0.0297. The summed E-state index contributed by atoms with van der Waals surface area (Å²) in [6.45, 7) is 4.87. The number of anilines is 1. The van der Waals surface area contributed by atoms with E-state index in [9.17, 15) is 9.59 Å². The first kappa shape index (κ1) is 27.6. The molecule has 3 fully saturated rings. The predicted molar refractivity (Wildman–Crippen MR) is 178 cm³/mol. The highest BCUT2D eigenvalue weighted by molar-refractivity contribution is 6.01. The number of benzene rings is 2. The zero-order valence-corrected chi connectivity index (χ0v) is 26.5. The van der Waals surface area contributed by atoms with Crippen molar-refractivity contribution >= 4 is 39.6 Å². The van der Waals surface area contributed by atoms with E-state index in [4.69, 9.17) is 14.7 Å². The molecule has 2 aromatic carbocycles. The molecule has 0 radical (unpaired) electrons. The van der Waals surface area contributed by atoms with Crippen LogP contribution in [0.25, 0.3) is 44.8 Å². The predicted octanol–water partition coefficient (Wildman–Crippen LogP) is 6.29. The van der Waals surface area contributed by atoms with Gasteiger partial charge in [-0.2, -0.15) is 0 Å². The van der Waals surface area contributed by atoms with Gasteiger partial charge in [-0.15, -0.1) is 0 Å². The van der Waals surface area contributed by atoms with Crippen LogP contribution >= 0.6 is 0 Å². The number of hydrogen-bond donors (Lipinski definition) is 1. The van der Waals surface area contributed by atoms with Gasteiger partial charge in [-0.05, 0) is 97.4 Å². The Hall–Kier alpha value is -4.66. The molecule has 5 heterocycles. The summed E-state index contributed by atoms with van der Waals surface area (Å²) in [6.07, 6.45) is 5.29. The molecular formula is C37H38N6O3. The SMILES string of the molecule is COc1cc(C(=O)N2CC3CC(C2)[C@@H](C)C3)cc2nc(-c3cc4ccc(-c5ccc6c(c5)CC(=O)N6)nc4n3CC3CC3)n(C)c12. The van der Waals surface area contributed by atoms with E-state index in [0.717, 1.165) is 75.7 Å². The highest BCUT2D eigenvalue weighted by Gasteiger charge is 2.39. The van der Waals surface area contributed by atoms with Gasteiger partial charge in [0.25, 0.3) is 5.91 Å². The number of carbonyl (C=O) groups excluding carboxylic acids is 2. The minimum Gasteiger partial charge on any atom is -0.494 e. The number of aromatic nitrogens is 4. The van der Waals surface area contributed by atoms with Gasteiger partial charge in [0.05, 0.1) is 30.4 Å². The molecule has 2 bridgehead atoms. The first-order valence-corrected chi connectivity index (χ1v) is 16.6. The molecule has 234 valence electrons. The molecule has 2 saturated carbocycles. The average Bonchev–Trinajstić information content (AvgIpc) is 3.45. The van der Waals surface area contributed by atoms with Crippen molar-refractivity contribution < 1.29 is 14.3 Å². The van der Waals surface area contributed by atoms with Crippen LogP contribution in [0.15, 0.2) is 48.5 Å². The molecule has 2 aliphatic carbocycles. The molecule has 9 heteroatoms. The number of imidazole rings is 1. The van der Waals surface area contributed by atoms with Crippen molar-refractivity contribution in [1.29, 1.82) is 0 Å². The third kappa shape index (κ3) is 4.42. The molecule has 2 amide bonds. The Morgan fingerprint density at radius 2 is 1.91 bits per heavy atom. The van der Waals surface area contributed by atoms with Crippen LogP contribution in [0.3, 0.4) is 0 Å². The molecule has 9 rings (SSSR count). The monoisotopic (exact) mass is 614 g/mol. The van der Waals surface area contributed by atoms with E-state index in [2.05, 4.69) is 50.5 Å². The topological polar surface area (TPSA) is 94.3 Å². The van der Waals surface area contributed by atoms with Crippen LogP contribution in [-0.2, 0) is 24.8 Å². The number of amides is 2. The number of hydrogen-bond acceptors (Lipinski definition) is 5. The first-order valence-electron chi connectivity index (χ1n) is 16.6. The third-order valence-corrected chi connectivity index (χ3v) is 10.9. The number of nitrogens with zero attached hydrogens (tertiary/aromatic N) is 5. The van der Waals surface area contributed by atoms with Crippen molar-refractivity contribution in [2.24, 2.45) is 30.7 Å². The number of aryl methyl sites for hydroxylation is 1. The summed E-state index contributed by atoms with van der Waals surface area (Å²) < 4.78 is 10.3. The van der Waals surface area contributed by atoms with E-state index in [1.165, 1.54) is 25.7 Å². The summed E-state index contributed by atoms with van der Waals surface area (Å²) >= 11 is 0. The fourth-order valence-corrected chi connectivity index (χ4v) is 8.32. The normalized spacial score (nSPS) is 22.1. The number of rotatable bonds is 6. The second-order valence-electron chi connectivity index (χ2n) is 14.1. The number of fused-ring (bicyclic) bond motifs is 5. The molecule has 5 aromatic rings. The van der Waals surface area contributed by atoms with E-state index in [1.54, 1.807) is 7.11 Å². The van der Waals surface area contributed by atoms with Crippen molar-refractivity contribution in [1.82, 2.24) is 24.0 Å². The number of methoxy groups -OCH3 is 1. The van der Waals surface area contributed by atoms with Crippen LogP contribution in [0.1, 0.15) is 48.5 Å². The number of pyridine rings is 1. The van der Waals surface area contributed by atoms with Gasteiger partial charge in [0, 0.05) is 48.9 Å². The average molecular weight is 615 g/mol. The lowest BCUT2D eigenvalue weighted by Gasteiger charge is -2.32. The van der Waals surface area contributed by atoms with Crippen LogP contribution in [-0.4, -0.2) is 56.0 Å². The quantitative estimate of drug-likeness (QED) is 0.243. The Bertz CT molecular complexity index is 2090. The summed E-state index contributed by atoms with van der Waals surface area (Å²) in [5.41, 5.74) is 7.97. The van der Waals surface area contributed by atoms with E-state index in [0.29, 0.717) is 41.4 Å². The molecule has 0 spiro atoms. The summed E-state index contributed by atoms with van der Waals surface area (Å²) in [5.74, 6) is 4.09. The van der Waals surface area contributed by atoms with Gasteiger partial charge >= 0.3 is 0 Å². The largest absolute Gasteiger partial charge is 0.494 e. The van der Waals surface area contributed by atoms with Gasteiger partial charge in [0.1, 0.15) is 16.9 Å². The van der Waals surface area contributed by atoms with E-state index in [1.807, 2.05) is 31.3 Å². The van der Waals surface area contributed by atoms with Crippen molar-refractivity contribution in [3.63, 3.8) is 0 Å². The molecule has 2 unspecified atom stereocenters. The highest BCUT2D eigenvalue weighted by Crippen LogP contribution is 2.42. The van der Waals surface area contributed by atoms with Gasteiger partial charge < -0.3 is 24.1 Å². The van der Waals surface area contributed by atoms with Crippen molar-refractivity contribution in [2.45, 2.75) is 45.6 Å². The van der Waals surface area contributed by atoms with Crippen molar-refractivity contribution in [3.8, 4) is 28.5 Å². The summed E-state index contributed by atoms with van der Waals surface area (Å²) in [5, 5.41) is 3.98. The van der Waals surface area contributed by atoms with Gasteiger partial charge in [0.2, 0.25) is 5.91 Å². The van der Waals surface area contributed by atoms with Gasteiger partial charge in [-0.25, -0.2) is 9.97 Å². The molecule has 9 nitrogen and oxygen atoms in total. The zero-order chi connectivity index (χ0) is 31.3. The molecule has 46 heavy (non-hydrogen) atoms. The lowest BCUT2D eigenvalue weighted by molar-refractivity contribution is -0.115. The smallest absolute Gasteiger partial charge is 0.254 e. The molecular weight excluding hydrogens is 576 g/mol. The summed E-state index contributed by atoms with van der Waals surface area (Å²) in [4.78, 5) is 38.2. The Balaban J connectivity index is 1.13. The number of carbonyl (C=O) groups is 2. The van der Waals surface area contributed by atoms with E-state index in [-0.39, 0.29) is 11.8 Å². The van der Waals surface area contributed by atoms with Crippen LogP contribution in [0, 0.1) is 23.7 Å². The Labute approximate surface area is 267 Å². The molecule has 1 saturated heterocycles. The lowest BCUT2D eigenvalue weighted by Crippen LogP contribution is -2.41. The van der Waals surface area contributed by atoms with Crippen LogP contribution in [0.5, 0.6) is 5.75 Å². The van der Waals surface area contributed by atoms with Gasteiger partial charge in [0.15, 0.2) is 5.82 Å². The van der Waals surface area contributed by atoms with Crippen LogP contribution < -0.4 is 10.1 Å². The molecule has 3 atom stereocenters. The first-order chi connectivity index (χ1) is 22.3. The second kappa shape index (κ2) is 10.2. The van der Waals surface area contributed by atoms with E-state index >= 15 is 0 Å². The number of nitrogens with one attached hydrogen (secondary N) is 1. The maximum Gasteiger partial charge on any atom is 0.254 e. The fourth-order valence-electron chi connectivity index (χ4n) is 8.32. The Morgan fingerprint density at radius 1 is 1.04 bits per heavy atom. The fraction of sp³-hybridized carbons (Fsp3) is 0.405. The Kier molecular flexibility index (Phi) is 6.11. The maximum atomic E-state index is 13.8. The van der Waals surface area contributed by atoms with Gasteiger partial charge in [-0.1, -0.05) is 13.0 Å². The molecule has 2 aliphatic heterocycles. The number of piperidine rings is 1. The second-order valence-corrected chi connectivity index (χ2v) is 14.1. The van der Waals surface area contributed by atoms with Crippen molar-refractivity contribution in [2.75, 3.05) is 25.5 Å². The van der Waals surface area contributed by atoms with Crippen molar-refractivity contribution in [3.05, 3.63) is 59.7 Å². The molecule has 3 aromatic heterocycles. The zero-order valence-electron chi connectivity index (χ0n) is 26.5. The minimum absolute atomic E-state index is 0.0297. The van der Waals surface area contributed by atoms with Crippen LogP contribution in [0.2, 0.25) is 0 Å². The maximum absolute atomic E-state index is 13.8. The summed E-state index contributed by atoms with van der Waals surface area (Å²) in [6, 6.07) is 16.3. The molecule has 4 aliphatic rings. The standard InChI is InChI=1S/C37H38N6O3/c1-20-10-22-11-27(20)19-42(17-22)37(45)26-13-30-34(32(15-26)46-3)41(2)36(40-30)31-14-24-7-9-28(39-35(24)43(31)18-21-4-5-21)23-6-8-29-25(12-23)16-33(44)38-29/h6-9,12-15,20-22,27H,4-5,10-11,16-19H2,1-3H3,(H,38,44)/t20-,22?,27?/m0/s1. The number of likely N-dealkylation sites (tertiary alicyclic amines) is 1. The van der Waals surface area contributed by atoms with Gasteiger partial charge in [-0.3, -0.25) is 9.59 Å². The Morgan fingerprint density at radius 3 is 2.72 bits per heavy atom. The molecule has 1 N–H and O–H groups in total. The highest BCUT2D eigenvalue weighted by atomic mass is 16.5. The number of ether oxygens (including phenoxy) is 1. The van der Waals surface area contributed by atoms with Crippen LogP contribution in [0.4, 0.5) is 5.69 Å².